The van der Waals surface area contributed by atoms with Crippen LogP contribution in [0.2, 0.25) is 0 Å². The Morgan fingerprint density at radius 1 is 1.20 bits per heavy atom. The lowest BCUT2D eigenvalue weighted by Gasteiger charge is -2.04. The second kappa shape index (κ2) is 5.29. The van der Waals surface area contributed by atoms with Crippen molar-refractivity contribution in [1.82, 2.24) is 0 Å². The van der Waals surface area contributed by atoms with Crippen LogP contribution in [0, 0.1) is 0 Å². The highest BCUT2D eigenvalue weighted by atomic mass is 16.1. The van der Waals surface area contributed by atoms with E-state index in [1.165, 1.54) is 0 Å². The van der Waals surface area contributed by atoms with Gasteiger partial charge in [-0.05, 0) is 12.5 Å². The number of benzene rings is 1. The van der Waals surface area contributed by atoms with Crippen LogP contribution in [0.15, 0.2) is 24.3 Å². The van der Waals surface area contributed by atoms with E-state index < -0.39 is 5.91 Å². The first-order valence-corrected chi connectivity index (χ1v) is 5.08. The van der Waals surface area contributed by atoms with Crippen molar-refractivity contribution in [3.8, 4) is 0 Å². The summed E-state index contributed by atoms with van der Waals surface area (Å²) in [6.45, 7) is 2.02. The second-order valence-corrected chi connectivity index (χ2v) is 3.44. The fourth-order valence-electron chi connectivity index (χ4n) is 1.41. The largest absolute Gasteiger partial charge is 0.366 e. The molecule has 0 aliphatic heterocycles. The second-order valence-electron chi connectivity index (χ2n) is 3.44. The summed E-state index contributed by atoms with van der Waals surface area (Å²) in [5.74, 6) is -0.554. The fourth-order valence-corrected chi connectivity index (χ4v) is 1.41. The average molecular weight is 205 g/mol. The van der Waals surface area contributed by atoms with Crippen molar-refractivity contribution in [2.24, 2.45) is 5.73 Å². The lowest BCUT2D eigenvalue weighted by molar-refractivity contribution is 0.0955. The molecule has 0 spiro atoms. The minimum atomic E-state index is -0.546. The number of hydrogen-bond acceptors (Lipinski definition) is 2. The molecule has 0 atom stereocenters. The van der Waals surface area contributed by atoms with Gasteiger partial charge in [0.2, 0.25) is 5.91 Å². The van der Waals surface area contributed by atoms with Gasteiger partial charge in [0.25, 0.3) is 0 Å². The van der Waals surface area contributed by atoms with Gasteiger partial charge in [-0.3, -0.25) is 9.59 Å². The van der Waals surface area contributed by atoms with E-state index in [0.717, 1.165) is 12.8 Å². The number of hydrogen-bond donors (Lipinski definition) is 1. The Labute approximate surface area is 89.3 Å². The summed E-state index contributed by atoms with van der Waals surface area (Å²) in [6, 6.07) is 6.68. The predicted octanol–water partition coefficient (Wildman–Crippen LogP) is 2.16. The molecule has 2 N–H and O–H groups in total. The molecule has 0 bridgehead atoms. The van der Waals surface area contributed by atoms with Gasteiger partial charge in [0.1, 0.15) is 0 Å². The Morgan fingerprint density at radius 3 is 2.33 bits per heavy atom. The van der Waals surface area contributed by atoms with Crippen LogP contribution in [-0.4, -0.2) is 11.7 Å². The molecule has 0 saturated heterocycles. The van der Waals surface area contributed by atoms with Crippen LogP contribution in [0.5, 0.6) is 0 Å². The van der Waals surface area contributed by atoms with Crippen molar-refractivity contribution in [3.05, 3.63) is 35.4 Å². The molecule has 0 radical (unpaired) electrons. The van der Waals surface area contributed by atoms with Crippen LogP contribution in [0.1, 0.15) is 46.9 Å². The number of primary amides is 1. The highest BCUT2D eigenvalue weighted by Gasteiger charge is 2.13. The van der Waals surface area contributed by atoms with E-state index in [1.807, 2.05) is 6.92 Å². The molecule has 0 fully saturated rings. The van der Waals surface area contributed by atoms with Crippen molar-refractivity contribution >= 4 is 11.7 Å². The summed E-state index contributed by atoms with van der Waals surface area (Å²) in [6.07, 6.45) is 2.28. The molecular weight excluding hydrogens is 190 g/mol. The zero-order chi connectivity index (χ0) is 11.3. The van der Waals surface area contributed by atoms with Crippen molar-refractivity contribution in [3.63, 3.8) is 0 Å². The van der Waals surface area contributed by atoms with Crippen LogP contribution in [-0.2, 0) is 0 Å². The van der Waals surface area contributed by atoms with Gasteiger partial charge in [0, 0.05) is 17.5 Å². The van der Waals surface area contributed by atoms with Crippen molar-refractivity contribution in [2.75, 3.05) is 0 Å². The molecule has 0 unspecified atom stereocenters. The van der Waals surface area contributed by atoms with Crippen LogP contribution in [0.4, 0.5) is 0 Å². The number of rotatable bonds is 5. The lowest BCUT2D eigenvalue weighted by atomic mass is 10.00. The third-order valence-corrected chi connectivity index (χ3v) is 2.25. The highest BCUT2D eigenvalue weighted by Crippen LogP contribution is 2.12. The monoisotopic (exact) mass is 205 g/mol. The van der Waals surface area contributed by atoms with E-state index in [4.69, 9.17) is 5.73 Å². The molecule has 0 aliphatic carbocycles. The summed E-state index contributed by atoms with van der Waals surface area (Å²) in [5, 5.41) is 0. The van der Waals surface area contributed by atoms with Gasteiger partial charge < -0.3 is 5.73 Å². The van der Waals surface area contributed by atoms with Gasteiger partial charge in [0.05, 0.1) is 0 Å². The van der Waals surface area contributed by atoms with Crippen LogP contribution in [0.25, 0.3) is 0 Å². The van der Waals surface area contributed by atoms with Crippen molar-refractivity contribution in [1.29, 1.82) is 0 Å². The zero-order valence-corrected chi connectivity index (χ0v) is 8.82. The number of ketones is 1. The lowest BCUT2D eigenvalue weighted by Crippen LogP contribution is -2.16. The molecule has 0 aliphatic rings. The van der Waals surface area contributed by atoms with Gasteiger partial charge >= 0.3 is 0 Å². The summed E-state index contributed by atoms with van der Waals surface area (Å²) in [4.78, 5) is 22.8. The molecular formula is C12H15NO2. The van der Waals surface area contributed by atoms with Crippen molar-refractivity contribution in [2.45, 2.75) is 26.2 Å². The maximum absolute atomic E-state index is 11.7. The van der Waals surface area contributed by atoms with E-state index in [9.17, 15) is 9.59 Å². The maximum Gasteiger partial charge on any atom is 0.249 e. The Morgan fingerprint density at radius 2 is 1.80 bits per heavy atom. The molecule has 1 aromatic carbocycles. The van der Waals surface area contributed by atoms with E-state index in [-0.39, 0.29) is 5.78 Å². The fraction of sp³-hybridized carbons (Fsp3) is 0.333. The smallest absolute Gasteiger partial charge is 0.249 e. The van der Waals surface area contributed by atoms with Gasteiger partial charge in [-0.1, -0.05) is 31.5 Å². The Kier molecular flexibility index (Phi) is 4.03. The summed E-state index contributed by atoms with van der Waals surface area (Å²) >= 11 is 0. The van der Waals surface area contributed by atoms with E-state index >= 15 is 0 Å². The maximum atomic E-state index is 11.7. The first kappa shape index (κ1) is 11.4. The SMILES string of the molecule is CCCCC(=O)c1ccccc1C(N)=O. The normalized spacial score (nSPS) is 9.93. The minimum Gasteiger partial charge on any atom is -0.366 e. The van der Waals surface area contributed by atoms with E-state index in [0.29, 0.717) is 17.5 Å². The quantitative estimate of drug-likeness (QED) is 0.749. The minimum absolute atomic E-state index is 0.00810. The molecule has 3 nitrogen and oxygen atoms in total. The third kappa shape index (κ3) is 2.91. The van der Waals surface area contributed by atoms with Gasteiger partial charge in [-0.2, -0.15) is 0 Å². The summed E-state index contributed by atoms with van der Waals surface area (Å²) in [7, 11) is 0. The number of nitrogens with two attached hydrogens (primary N) is 1. The first-order valence-electron chi connectivity index (χ1n) is 5.08. The molecule has 0 aromatic heterocycles. The number of unbranched alkanes of at least 4 members (excludes halogenated alkanes) is 1. The Balaban J connectivity index is 2.92. The Hall–Kier alpha value is -1.64. The highest BCUT2D eigenvalue weighted by molar-refractivity contribution is 6.07. The molecule has 1 rings (SSSR count). The molecule has 80 valence electrons. The zero-order valence-electron chi connectivity index (χ0n) is 8.82. The molecule has 3 heteroatoms. The topological polar surface area (TPSA) is 60.2 Å². The third-order valence-electron chi connectivity index (χ3n) is 2.25. The Bertz CT molecular complexity index is 372. The van der Waals surface area contributed by atoms with Gasteiger partial charge in [0.15, 0.2) is 5.78 Å². The molecule has 1 aromatic rings. The van der Waals surface area contributed by atoms with Crippen LogP contribution < -0.4 is 5.73 Å². The van der Waals surface area contributed by atoms with E-state index in [2.05, 4.69) is 0 Å². The predicted molar refractivity (Wildman–Crippen MR) is 58.8 cm³/mol. The number of carbonyl (C=O) groups excluding carboxylic acids is 2. The number of carbonyl (C=O) groups is 2. The van der Waals surface area contributed by atoms with Crippen LogP contribution in [0.3, 0.4) is 0 Å². The van der Waals surface area contributed by atoms with Crippen LogP contribution >= 0.6 is 0 Å². The first-order chi connectivity index (χ1) is 7.16. The molecule has 1 amide bonds. The van der Waals surface area contributed by atoms with E-state index in [1.54, 1.807) is 24.3 Å². The number of amides is 1. The van der Waals surface area contributed by atoms with Crippen molar-refractivity contribution < 1.29 is 9.59 Å². The van der Waals surface area contributed by atoms with Gasteiger partial charge in [-0.25, -0.2) is 0 Å². The standard InChI is InChI=1S/C12H15NO2/c1-2-3-8-11(14)9-6-4-5-7-10(9)12(13)15/h4-7H,2-3,8H2,1H3,(H2,13,15). The summed E-state index contributed by atoms with van der Waals surface area (Å²) in [5.41, 5.74) is 5.95. The number of Topliss-reactive ketones (excluding diaryl/α,β-unsaturated/α-hetero) is 1. The average Bonchev–Trinajstić information content (AvgIpc) is 2.25. The molecule has 15 heavy (non-hydrogen) atoms. The molecule has 0 saturated carbocycles. The summed E-state index contributed by atoms with van der Waals surface area (Å²) < 4.78 is 0. The van der Waals surface area contributed by atoms with Gasteiger partial charge in [-0.15, -0.1) is 0 Å². The molecule has 0 heterocycles.